The Kier molecular flexibility index (Phi) is 10.5. The number of nitrogens with zero attached hydrogens (tertiary/aromatic N) is 3. The smallest absolute Gasteiger partial charge is 0.407 e. The highest BCUT2D eigenvalue weighted by atomic mass is 32.2. The van der Waals surface area contributed by atoms with Crippen LogP contribution in [-0.2, 0) is 37.1 Å². The molecule has 212 valence electrons. The Morgan fingerprint density at radius 1 is 0.975 bits per heavy atom. The summed E-state index contributed by atoms with van der Waals surface area (Å²) in [5, 5.41) is 33.0. The minimum atomic E-state index is -1.92. The molecule has 2 aromatic carbocycles. The van der Waals surface area contributed by atoms with E-state index in [1.54, 1.807) is 0 Å². The van der Waals surface area contributed by atoms with Crippen molar-refractivity contribution < 1.29 is 43.6 Å². The number of nitrogens with one attached hydrogen (secondary N) is 1. The zero-order valence-corrected chi connectivity index (χ0v) is 21.6. The number of non-ortho nitro benzene ring substituents is 2. The van der Waals surface area contributed by atoms with Gasteiger partial charge >= 0.3 is 12.1 Å². The molecule has 1 aliphatic rings. The number of aliphatic hydroxyl groups is 1. The molecule has 0 aromatic heterocycles. The number of carbonyl (C=O) groups is 4. The number of alkyl carbamates (subject to hydrolysis) is 1. The van der Waals surface area contributed by atoms with Crippen molar-refractivity contribution in [3.63, 3.8) is 0 Å². The van der Waals surface area contributed by atoms with Gasteiger partial charge in [0, 0.05) is 37.2 Å². The first-order valence-electron chi connectivity index (χ1n) is 11.8. The molecule has 0 saturated carbocycles. The van der Waals surface area contributed by atoms with Gasteiger partial charge in [0.1, 0.15) is 13.2 Å². The van der Waals surface area contributed by atoms with Gasteiger partial charge in [0.2, 0.25) is 12.1 Å². The van der Waals surface area contributed by atoms with E-state index in [0.29, 0.717) is 11.1 Å². The van der Waals surface area contributed by atoms with Gasteiger partial charge in [-0.2, -0.15) is 0 Å². The van der Waals surface area contributed by atoms with Crippen LogP contribution in [0.4, 0.5) is 16.2 Å². The summed E-state index contributed by atoms with van der Waals surface area (Å²) in [5.41, 5.74) is 0.774. The molecular weight excluding hydrogens is 552 g/mol. The summed E-state index contributed by atoms with van der Waals surface area (Å²) in [7, 11) is 0. The van der Waals surface area contributed by atoms with Crippen LogP contribution in [0.25, 0.3) is 0 Å². The Labute approximate surface area is 230 Å². The van der Waals surface area contributed by atoms with E-state index in [1.807, 2.05) is 0 Å². The van der Waals surface area contributed by atoms with Crippen LogP contribution < -0.4 is 5.32 Å². The second-order valence-corrected chi connectivity index (χ2v) is 9.62. The summed E-state index contributed by atoms with van der Waals surface area (Å²) in [4.78, 5) is 69.4. The molecule has 2 aromatic rings. The molecule has 1 unspecified atom stereocenters. The van der Waals surface area contributed by atoms with E-state index in [0.717, 1.165) is 16.7 Å². The number of amides is 2. The Morgan fingerprint density at radius 2 is 1.50 bits per heavy atom. The lowest BCUT2D eigenvalue weighted by atomic mass is 10.2. The van der Waals surface area contributed by atoms with Crippen LogP contribution in [0.5, 0.6) is 0 Å². The van der Waals surface area contributed by atoms with Gasteiger partial charge in [0.25, 0.3) is 11.4 Å². The molecule has 2 atom stereocenters. The van der Waals surface area contributed by atoms with Crippen LogP contribution in [0.1, 0.15) is 30.4 Å². The molecule has 2 amide bonds. The molecule has 0 aliphatic carbocycles. The van der Waals surface area contributed by atoms with Gasteiger partial charge in [-0.15, -0.1) is 0 Å². The van der Waals surface area contributed by atoms with E-state index in [1.165, 1.54) is 48.5 Å². The number of benzene rings is 2. The lowest BCUT2D eigenvalue weighted by Crippen LogP contribution is -2.59. The van der Waals surface area contributed by atoms with Crippen LogP contribution in [0.15, 0.2) is 48.5 Å². The number of aliphatic hydroxyl groups excluding tert-OH is 1. The van der Waals surface area contributed by atoms with Crippen LogP contribution >= 0.6 is 11.8 Å². The first-order valence-corrected chi connectivity index (χ1v) is 12.7. The Hall–Kier alpha value is -4.57. The predicted octanol–water partition coefficient (Wildman–Crippen LogP) is 2.39. The fourth-order valence-corrected chi connectivity index (χ4v) is 4.54. The maximum absolute atomic E-state index is 12.3. The maximum atomic E-state index is 12.3. The molecule has 0 bridgehead atoms. The first kappa shape index (κ1) is 30.0. The minimum absolute atomic E-state index is 0.0342. The topological polar surface area (TPSA) is 209 Å². The summed E-state index contributed by atoms with van der Waals surface area (Å²) in [6.45, 7) is -0.255. The second-order valence-electron chi connectivity index (χ2n) is 8.38. The maximum Gasteiger partial charge on any atom is 0.407 e. The fourth-order valence-electron chi connectivity index (χ4n) is 3.40. The van der Waals surface area contributed by atoms with Gasteiger partial charge in [-0.3, -0.25) is 34.7 Å². The Balaban J connectivity index is 1.33. The molecule has 15 nitrogen and oxygen atoms in total. The average molecular weight is 577 g/mol. The molecule has 40 heavy (non-hydrogen) atoms. The van der Waals surface area contributed by atoms with Crippen molar-refractivity contribution in [2.75, 3.05) is 6.54 Å². The van der Waals surface area contributed by atoms with E-state index < -0.39 is 39.4 Å². The number of β-lactam (4-membered cyclic amide) rings is 1. The molecule has 0 spiro atoms. The number of esters is 1. The summed E-state index contributed by atoms with van der Waals surface area (Å²) >= 11 is 0.775. The number of hydrogen-bond donors (Lipinski definition) is 2. The number of carbonyl (C=O) groups excluding carboxylic acids is 4. The third-order valence-corrected chi connectivity index (χ3v) is 6.69. The van der Waals surface area contributed by atoms with Crippen LogP contribution in [0.2, 0.25) is 0 Å². The summed E-state index contributed by atoms with van der Waals surface area (Å²) in [6.07, 6.45) is -2.41. The van der Waals surface area contributed by atoms with Gasteiger partial charge in [-0.05, 0) is 41.8 Å². The fraction of sp³-hybridized carbons (Fsp3) is 0.333. The van der Waals surface area contributed by atoms with E-state index >= 15 is 0 Å². The quantitative estimate of drug-likeness (QED) is 0.116. The van der Waals surface area contributed by atoms with Crippen LogP contribution in [0.3, 0.4) is 0 Å². The number of hydrogen-bond acceptors (Lipinski definition) is 12. The van der Waals surface area contributed by atoms with Crippen molar-refractivity contribution in [2.24, 2.45) is 0 Å². The summed E-state index contributed by atoms with van der Waals surface area (Å²) in [5.74, 6) is -1.65. The lowest BCUT2D eigenvalue weighted by molar-refractivity contribution is -0.385. The lowest BCUT2D eigenvalue weighted by Gasteiger charge is -2.41. The highest BCUT2D eigenvalue weighted by Crippen LogP contribution is 2.32. The van der Waals surface area contributed by atoms with Crippen molar-refractivity contribution in [3.05, 3.63) is 79.9 Å². The standard InChI is InChI=1S/C24H24N4O11S/c29-19-12-20(26(19)22(31)23(32)38-13-15-3-7-17(8-4-15)27(34)35)40-21(30)2-1-11-25-24(33)39-14-16-5-9-18(10-6-16)28(36)37/h3-10,20,22,31H,1-2,11-14H2,(H,25,33)/t20-,22?/m0/s1. The van der Waals surface area contributed by atoms with E-state index in [4.69, 9.17) is 9.47 Å². The SMILES string of the molecule is O=C(NCCCC(=O)S[C@H]1CC(=O)N1C(O)C(=O)OCc1ccc([N+](=O)[O-])cc1)OCc1ccc([N+](=O)[O-])cc1. The van der Waals surface area contributed by atoms with Crippen molar-refractivity contribution >= 4 is 46.2 Å². The van der Waals surface area contributed by atoms with Crippen molar-refractivity contribution in [2.45, 2.75) is 44.1 Å². The van der Waals surface area contributed by atoms with Gasteiger partial charge in [0.15, 0.2) is 5.12 Å². The third kappa shape index (κ3) is 8.47. The minimum Gasteiger partial charge on any atom is -0.457 e. The number of rotatable bonds is 13. The third-order valence-electron chi connectivity index (χ3n) is 5.56. The van der Waals surface area contributed by atoms with Gasteiger partial charge in [-0.1, -0.05) is 11.8 Å². The summed E-state index contributed by atoms with van der Waals surface area (Å²) < 4.78 is 10.00. The molecule has 0 radical (unpaired) electrons. The number of thioether (sulfide) groups is 1. The van der Waals surface area contributed by atoms with E-state index in [2.05, 4.69) is 5.32 Å². The Morgan fingerprint density at radius 3 is 2.00 bits per heavy atom. The van der Waals surface area contributed by atoms with Gasteiger partial charge < -0.3 is 19.9 Å². The molecule has 2 N–H and O–H groups in total. The molecular formula is C24H24N4O11S. The number of nitro groups is 2. The number of nitro benzene ring substituents is 2. The zero-order valence-electron chi connectivity index (χ0n) is 20.8. The van der Waals surface area contributed by atoms with Crippen LogP contribution in [-0.4, -0.2) is 61.1 Å². The average Bonchev–Trinajstić information content (AvgIpc) is 2.92. The molecule has 1 aliphatic heterocycles. The molecule has 16 heteroatoms. The Bertz CT molecular complexity index is 1270. The van der Waals surface area contributed by atoms with Crippen molar-refractivity contribution in [1.82, 2.24) is 10.2 Å². The number of likely N-dealkylation sites (tertiary alicyclic amines) is 1. The van der Waals surface area contributed by atoms with Crippen molar-refractivity contribution in [3.8, 4) is 0 Å². The summed E-state index contributed by atoms with van der Waals surface area (Å²) in [6, 6.07) is 10.8. The zero-order chi connectivity index (χ0) is 29.2. The number of ether oxygens (including phenoxy) is 2. The molecule has 1 saturated heterocycles. The van der Waals surface area contributed by atoms with Gasteiger partial charge in [-0.25, -0.2) is 9.59 Å². The predicted molar refractivity (Wildman–Crippen MR) is 137 cm³/mol. The van der Waals surface area contributed by atoms with Crippen LogP contribution in [0, 0.1) is 20.2 Å². The second kappa shape index (κ2) is 14.0. The molecule has 3 rings (SSSR count). The highest BCUT2D eigenvalue weighted by Gasteiger charge is 2.45. The highest BCUT2D eigenvalue weighted by molar-refractivity contribution is 8.14. The van der Waals surface area contributed by atoms with Gasteiger partial charge in [0.05, 0.1) is 21.6 Å². The van der Waals surface area contributed by atoms with Crippen molar-refractivity contribution in [1.29, 1.82) is 0 Å². The monoisotopic (exact) mass is 576 g/mol. The largest absolute Gasteiger partial charge is 0.457 e. The first-order chi connectivity index (χ1) is 19.0. The molecule has 1 fully saturated rings. The van der Waals surface area contributed by atoms with E-state index in [9.17, 15) is 44.5 Å². The normalized spacial score (nSPS) is 15.0. The van der Waals surface area contributed by atoms with E-state index in [-0.39, 0.29) is 55.5 Å². The molecule has 1 heterocycles.